The number of piperazine rings is 1. The second-order valence-corrected chi connectivity index (χ2v) is 6.99. The minimum Gasteiger partial charge on any atom is -0.314 e. The number of sulfonamides is 1. The Balaban J connectivity index is 2.48. The summed E-state index contributed by atoms with van der Waals surface area (Å²) in [6, 6.07) is 2.22. The SMILES string of the molecule is C[C@H]1CNCCN1S(=O)(=O)c1ccc(Cl)c(F)c1Cl. The maximum absolute atomic E-state index is 13.6. The average molecular weight is 327 g/mol. The third-order valence-electron chi connectivity index (χ3n) is 3.03. The predicted octanol–water partition coefficient (Wildman–Crippen LogP) is 2.11. The molecule has 1 aromatic rings. The van der Waals surface area contributed by atoms with Crippen molar-refractivity contribution in [2.24, 2.45) is 0 Å². The average Bonchev–Trinajstić information content (AvgIpc) is 2.36. The van der Waals surface area contributed by atoms with Crippen LogP contribution in [0.1, 0.15) is 6.92 Å². The number of rotatable bonds is 2. The molecule has 1 heterocycles. The molecule has 0 saturated carbocycles. The monoisotopic (exact) mass is 326 g/mol. The Morgan fingerprint density at radius 2 is 2.11 bits per heavy atom. The van der Waals surface area contributed by atoms with Crippen LogP contribution in [0.4, 0.5) is 4.39 Å². The van der Waals surface area contributed by atoms with Crippen molar-refractivity contribution in [3.8, 4) is 0 Å². The van der Waals surface area contributed by atoms with E-state index in [0.717, 1.165) is 0 Å². The summed E-state index contributed by atoms with van der Waals surface area (Å²) in [4.78, 5) is -0.246. The van der Waals surface area contributed by atoms with Crippen LogP contribution in [0.5, 0.6) is 0 Å². The molecule has 1 aromatic carbocycles. The van der Waals surface area contributed by atoms with Gasteiger partial charge >= 0.3 is 0 Å². The van der Waals surface area contributed by atoms with Crippen molar-refractivity contribution in [2.75, 3.05) is 19.6 Å². The largest absolute Gasteiger partial charge is 0.314 e. The molecular formula is C11H13Cl2FN2O2S. The van der Waals surface area contributed by atoms with E-state index in [0.29, 0.717) is 19.6 Å². The van der Waals surface area contributed by atoms with Crippen molar-refractivity contribution in [3.05, 3.63) is 28.0 Å². The molecule has 0 amide bonds. The van der Waals surface area contributed by atoms with Crippen LogP contribution in [-0.2, 0) is 10.0 Å². The van der Waals surface area contributed by atoms with Crippen molar-refractivity contribution in [2.45, 2.75) is 17.9 Å². The maximum Gasteiger partial charge on any atom is 0.244 e. The Morgan fingerprint density at radius 3 is 2.74 bits per heavy atom. The Labute approximate surface area is 121 Å². The van der Waals surface area contributed by atoms with E-state index in [9.17, 15) is 12.8 Å². The van der Waals surface area contributed by atoms with Crippen molar-refractivity contribution >= 4 is 33.2 Å². The minimum absolute atomic E-state index is 0.197. The van der Waals surface area contributed by atoms with Gasteiger partial charge in [0.1, 0.15) is 4.90 Å². The third kappa shape index (κ3) is 2.73. The molecule has 4 nitrogen and oxygen atoms in total. The van der Waals surface area contributed by atoms with Crippen LogP contribution in [0.2, 0.25) is 10.0 Å². The van der Waals surface area contributed by atoms with E-state index >= 15 is 0 Å². The first-order valence-electron chi connectivity index (χ1n) is 5.71. The Hall–Kier alpha value is -0.400. The van der Waals surface area contributed by atoms with Gasteiger partial charge in [0.2, 0.25) is 10.0 Å². The van der Waals surface area contributed by atoms with E-state index in [2.05, 4.69) is 5.32 Å². The van der Waals surface area contributed by atoms with Crippen molar-refractivity contribution in [1.82, 2.24) is 9.62 Å². The lowest BCUT2D eigenvalue weighted by molar-refractivity contribution is 0.284. The second kappa shape index (κ2) is 5.54. The lowest BCUT2D eigenvalue weighted by atomic mass is 10.3. The Bertz CT molecular complexity index is 595. The predicted molar refractivity (Wildman–Crippen MR) is 72.6 cm³/mol. The Kier molecular flexibility index (Phi) is 4.37. The maximum atomic E-state index is 13.6. The number of halogens is 3. The van der Waals surface area contributed by atoms with Crippen LogP contribution in [-0.4, -0.2) is 38.4 Å². The lowest BCUT2D eigenvalue weighted by Crippen LogP contribution is -2.52. The van der Waals surface area contributed by atoms with Crippen LogP contribution in [0.15, 0.2) is 17.0 Å². The number of hydrogen-bond donors (Lipinski definition) is 1. The van der Waals surface area contributed by atoms with E-state index in [1.54, 1.807) is 6.92 Å². The first-order chi connectivity index (χ1) is 8.85. The summed E-state index contributed by atoms with van der Waals surface area (Å²) in [6.07, 6.45) is 0. The van der Waals surface area contributed by atoms with Crippen LogP contribution >= 0.6 is 23.2 Å². The van der Waals surface area contributed by atoms with E-state index in [1.165, 1.54) is 16.4 Å². The molecule has 0 unspecified atom stereocenters. The minimum atomic E-state index is -3.82. The zero-order valence-electron chi connectivity index (χ0n) is 10.2. The Morgan fingerprint density at radius 1 is 1.42 bits per heavy atom. The lowest BCUT2D eigenvalue weighted by Gasteiger charge is -2.33. The molecule has 0 spiro atoms. The van der Waals surface area contributed by atoms with Crippen LogP contribution in [0.3, 0.4) is 0 Å². The molecule has 106 valence electrons. The van der Waals surface area contributed by atoms with Crippen LogP contribution in [0.25, 0.3) is 0 Å². The molecule has 0 bridgehead atoms. The van der Waals surface area contributed by atoms with Gasteiger partial charge in [-0.2, -0.15) is 4.31 Å². The summed E-state index contributed by atoms with van der Waals surface area (Å²) in [6.45, 7) is 3.21. The molecule has 0 aliphatic carbocycles. The fraction of sp³-hybridized carbons (Fsp3) is 0.455. The van der Waals surface area contributed by atoms with E-state index < -0.39 is 20.9 Å². The fourth-order valence-corrected chi connectivity index (χ4v) is 4.37. The van der Waals surface area contributed by atoms with Gasteiger partial charge in [-0.3, -0.25) is 0 Å². The first kappa shape index (κ1) is 15.0. The normalized spacial score (nSPS) is 21.6. The molecular weight excluding hydrogens is 314 g/mol. The molecule has 19 heavy (non-hydrogen) atoms. The van der Waals surface area contributed by atoms with Crippen molar-refractivity contribution in [3.63, 3.8) is 0 Å². The van der Waals surface area contributed by atoms with Gasteiger partial charge in [-0.15, -0.1) is 0 Å². The molecule has 2 rings (SSSR count). The summed E-state index contributed by atoms with van der Waals surface area (Å²) in [5.74, 6) is -0.910. The standard InChI is InChI=1S/C11H13Cl2FN2O2S/c1-7-6-15-4-5-16(7)19(17,18)9-3-2-8(12)11(14)10(9)13/h2-3,7,15H,4-6H2,1H3/t7-/m0/s1. The molecule has 1 fully saturated rings. The van der Waals surface area contributed by atoms with Gasteiger partial charge in [0, 0.05) is 25.7 Å². The first-order valence-corrected chi connectivity index (χ1v) is 7.91. The molecule has 1 N–H and O–H groups in total. The van der Waals surface area contributed by atoms with Crippen molar-refractivity contribution < 1.29 is 12.8 Å². The van der Waals surface area contributed by atoms with Crippen LogP contribution in [0, 0.1) is 5.82 Å². The van der Waals surface area contributed by atoms with E-state index in [4.69, 9.17) is 23.2 Å². The highest BCUT2D eigenvalue weighted by atomic mass is 35.5. The van der Waals surface area contributed by atoms with Gasteiger partial charge < -0.3 is 5.32 Å². The number of hydrogen-bond acceptors (Lipinski definition) is 3. The van der Waals surface area contributed by atoms with Gasteiger partial charge in [0.05, 0.1) is 10.0 Å². The third-order valence-corrected chi connectivity index (χ3v) is 5.86. The smallest absolute Gasteiger partial charge is 0.244 e. The molecule has 0 aromatic heterocycles. The molecule has 1 aliphatic heterocycles. The summed E-state index contributed by atoms with van der Waals surface area (Å²) in [7, 11) is -3.82. The van der Waals surface area contributed by atoms with Gasteiger partial charge in [-0.05, 0) is 19.1 Å². The summed E-state index contributed by atoms with van der Waals surface area (Å²) in [5, 5.41) is 2.43. The summed E-state index contributed by atoms with van der Waals surface area (Å²) >= 11 is 11.3. The van der Waals surface area contributed by atoms with Crippen LogP contribution < -0.4 is 5.32 Å². The number of nitrogens with one attached hydrogen (secondary N) is 1. The van der Waals surface area contributed by atoms with Crippen molar-refractivity contribution in [1.29, 1.82) is 0 Å². The van der Waals surface area contributed by atoms with E-state index in [-0.39, 0.29) is 16.0 Å². The molecule has 8 heteroatoms. The van der Waals surface area contributed by atoms with Gasteiger partial charge in [-0.25, -0.2) is 12.8 Å². The molecule has 1 saturated heterocycles. The quantitative estimate of drug-likeness (QED) is 0.847. The molecule has 1 aliphatic rings. The highest BCUT2D eigenvalue weighted by Crippen LogP contribution is 2.32. The highest BCUT2D eigenvalue weighted by Gasteiger charge is 2.33. The fourth-order valence-electron chi connectivity index (χ4n) is 2.01. The highest BCUT2D eigenvalue weighted by molar-refractivity contribution is 7.89. The summed E-state index contributed by atoms with van der Waals surface area (Å²) < 4.78 is 39.9. The molecule has 1 atom stereocenters. The zero-order valence-corrected chi connectivity index (χ0v) is 12.5. The summed E-state index contributed by atoms with van der Waals surface area (Å²) in [5.41, 5.74) is 0. The van der Waals surface area contributed by atoms with Gasteiger partial charge in [-0.1, -0.05) is 23.2 Å². The van der Waals surface area contributed by atoms with Gasteiger partial charge in [0.25, 0.3) is 0 Å². The second-order valence-electron chi connectivity index (χ2n) is 4.34. The number of benzene rings is 1. The molecule has 0 radical (unpaired) electrons. The van der Waals surface area contributed by atoms with E-state index in [1.807, 2.05) is 0 Å². The topological polar surface area (TPSA) is 49.4 Å². The number of nitrogens with zero attached hydrogens (tertiary/aromatic N) is 1. The van der Waals surface area contributed by atoms with Gasteiger partial charge in [0.15, 0.2) is 5.82 Å². The zero-order chi connectivity index (χ0) is 14.2.